The molecule has 0 spiro atoms. The molecular formula is C24H22O6. The third-order valence-electron chi connectivity index (χ3n) is 4.80. The van der Waals surface area contributed by atoms with Crippen LogP contribution in [-0.2, 0) is 0 Å². The van der Waals surface area contributed by atoms with E-state index >= 15 is 0 Å². The first-order valence-electron chi connectivity index (χ1n) is 9.22. The number of ketones is 2. The van der Waals surface area contributed by atoms with E-state index in [-0.39, 0.29) is 11.3 Å². The lowest BCUT2D eigenvalue weighted by molar-refractivity contribution is 0.0858. The van der Waals surface area contributed by atoms with Gasteiger partial charge >= 0.3 is 0 Å². The molecule has 0 aromatic heterocycles. The van der Waals surface area contributed by atoms with Crippen LogP contribution < -0.4 is 14.2 Å². The minimum Gasteiger partial charge on any atom is -0.507 e. The van der Waals surface area contributed by atoms with E-state index in [1.165, 1.54) is 39.5 Å². The summed E-state index contributed by atoms with van der Waals surface area (Å²) in [5, 5.41) is 10.3. The lowest BCUT2D eigenvalue weighted by Gasteiger charge is -2.18. The molecule has 6 nitrogen and oxygen atoms in total. The first kappa shape index (κ1) is 20.9. The second kappa shape index (κ2) is 9.13. The Kier molecular flexibility index (Phi) is 6.37. The second-order valence-electron chi connectivity index (χ2n) is 6.55. The van der Waals surface area contributed by atoms with Gasteiger partial charge in [-0.15, -0.1) is 0 Å². The first-order valence-corrected chi connectivity index (χ1v) is 9.22. The van der Waals surface area contributed by atoms with Crippen LogP contribution >= 0.6 is 0 Å². The molecule has 0 bridgehead atoms. The molecule has 154 valence electrons. The van der Waals surface area contributed by atoms with Crippen molar-refractivity contribution in [3.05, 3.63) is 83.4 Å². The fourth-order valence-electron chi connectivity index (χ4n) is 3.16. The zero-order valence-corrected chi connectivity index (χ0v) is 16.9. The van der Waals surface area contributed by atoms with Crippen molar-refractivity contribution >= 4 is 11.6 Å². The summed E-state index contributed by atoms with van der Waals surface area (Å²) in [6.45, 7) is 0. The van der Waals surface area contributed by atoms with Crippen molar-refractivity contribution in [3.63, 3.8) is 0 Å². The maximum atomic E-state index is 13.5. The number of rotatable bonds is 8. The molecule has 30 heavy (non-hydrogen) atoms. The van der Waals surface area contributed by atoms with Gasteiger partial charge in [0.15, 0.2) is 11.6 Å². The number of phenols is 1. The number of benzene rings is 3. The van der Waals surface area contributed by atoms with Crippen LogP contribution in [-0.4, -0.2) is 38.0 Å². The van der Waals surface area contributed by atoms with E-state index < -0.39 is 17.5 Å². The van der Waals surface area contributed by atoms with Crippen LogP contribution in [0.1, 0.15) is 32.2 Å². The molecular weight excluding hydrogens is 384 g/mol. The summed E-state index contributed by atoms with van der Waals surface area (Å²) >= 11 is 0. The fraction of sp³-hybridized carbons (Fsp3) is 0.167. The van der Waals surface area contributed by atoms with Crippen molar-refractivity contribution in [2.75, 3.05) is 21.3 Å². The standard InChI is InChI=1S/C24H22O6/c1-28-17-9-7-15(8-10-17)23(26)22(16-5-4-6-18(13-16)29-2)24(27)20-14-19(30-3)11-12-21(20)25/h4-14,22,25H,1-3H3. The van der Waals surface area contributed by atoms with Gasteiger partial charge in [-0.3, -0.25) is 9.59 Å². The number of carbonyl (C=O) groups is 2. The third kappa shape index (κ3) is 4.27. The summed E-state index contributed by atoms with van der Waals surface area (Å²) in [5.41, 5.74) is 0.811. The second-order valence-corrected chi connectivity index (χ2v) is 6.55. The Labute approximate surface area is 174 Å². The normalized spacial score (nSPS) is 11.4. The number of hydrogen-bond donors (Lipinski definition) is 1. The number of ether oxygens (including phenoxy) is 3. The molecule has 3 aromatic carbocycles. The van der Waals surface area contributed by atoms with E-state index in [2.05, 4.69) is 0 Å². The van der Waals surface area contributed by atoms with Crippen LogP contribution in [0.25, 0.3) is 0 Å². The van der Waals surface area contributed by atoms with Crippen molar-refractivity contribution in [2.45, 2.75) is 5.92 Å². The summed E-state index contributed by atoms with van der Waals surface area (Å²) in [5.74, 6) is -0.831. The van der Waals surface area contributed by atoms with Gasteiger partial charge in [0.05, 0.1) is 26.9 Å². The zero-order chi connectivity index (χ0) is 21.7. The fourth-order valence-corrected chi connectivity index (χ4v) is 3.16. The van der Waals surface area contributed by atoms with Crippen LogP contribution in [0.4, 0.5) is 0 Å². The molecule has 1 N–H and O–H groups in total. The number of phenolic OH excluding ortho intramolecular Hbond substituents is 1. The van der Waals surface area contributed by atoms with Gasteiger partial charge < -0.3 is 19.3 Å². The van der Waals surface area contributed by atoms with Gasteiger partial charge in [0, 0.05) is 5.56 Å². The van der Waals surface area contributed by atoms with Crippen LogP contribution in [0.3, 0.4) is 0 Å². The maximum Gasteiger partial charge on any atom is 0.181 e. The summed E-state index contributed by atoms with van der Waals surface area (Å²) < 4.78 is 15.6. The molecule has 6 heteroatoms. The van der Waals surface area contributed by atoms with E-state index in [1.54, 1.807) is 48.5 Å². The van der Waals surface area contributed by atoms with Crippen LogP contribution in [0.15, 0.2) is 66.7 Å². The lowest BCUT2D eigenvalue weighted by Crippen LogP contribution is -2.23. The highest BCUT2D eigenvalue weighted by molar-refractivity contribution is 6.21. The Morgan fingerprint density at radius 1 is 0.733 bits per heavy atom. The van der Waals surface area contributed by atoms with Gasteiger partial charge in [0.2, 0.25) is 0 Å². The monoisotopic (exact) mass is 406 g/mol. The number of aromatic hydroxyl groups is 1. The van der Waals surface area contributed by atoms with E-state index in [9.17, 15) is 14.7 Å². The Morgan fingerprint density at radius 3 is 1.97 bits per heavy atom. The van der Waals surface area contributed by atoms with Crippen molar-refractivity contribution in [1.82, 2.24) is 0 Å². The molecule has 0 amide bonds. The Bertz CT molecular complexity index is 1060. The average molecular weight is 406 g/mol. The van der Waals surface area contributed by atoms with E-state index in [1.807, 2.05) is 0 Å². The predicted molar refractivity (Wildman–Crippen MR) is 112 cm³/mol. The van der Waals surface area contributed by atoms with Crippen molar-refractivity contribution in [3.8, 4) is 23.0 Å². The van der Waals surface area contributed by atoms with E-state index in [0.717, 1.165) is 0 Å². The highest BCUT2D eigenvalue weighted by Gasteiger charge is 2.32. The minimum atomic E-state index is -1.17. The predicted octanol–water partition coefficient (Wildman–Crippen LogP) is 4.27. The highest BCUT2D eigenvalue weighted by atomic mass is 16.5. The van der Waals surface area contributed by atoms with Crippen LogP contribution in [0, 0.1) is 0 Å². The van der Waals surface area contributed by atoms with E-state index in [0.29, 0.717) is 28.4 Å². The topological polar surface area (TPSA) is 82.1 Å². The zero-order valence-electron chi connectivity index (χ0n) is 16.9. The molecule has 0 radical (unpaired) electrons. The van der Waals surface area contributed by atoms with Gasteiger partial charge in [-0.25, -0.2) is 0 Å². The van der Waals surface area contributed by atoms with Crippen molar-refractivity contribution in [1.29, 1.82) is 0 Å². The maximum absolute atomic E-state index is 13.5. The van der Waals surface area contributed by atoms with Gasteiger partial charge in [0.25, 0.3) is 0 Å². The Morgan fingerprint density at radius 2 is 1.33 bits per heavy atom. The number of Topliss-reactive ketones (excluding diaryl/α,β-unsaturated/α-hetero) is 2. The molecule has 0 fully saturated rings. The molecule has 0 saturated heterocycles. The number of carbonyl (C=O) groups excluding carboxylic acids is 2. The quantitative estimate of drug-likeness (QED) is 0.444. The molecule has 1 atom stereocenters. The molecule has 3 aromatic rings. The molecule has 0 heterocycles. The lowest BCUT2D eigenvalue weighted by atomic mass is 9.84. The Balaban J connectivity index is 2.11. The van der Waals surface area contributed by atoms with Gasteiger partial charge in [-0.1, -0.05) is 12.1 Å². The first-order chi connectivity index (χ1) is 14.5. The van der Waals surface area contributed by atoms with Crippen LogP contribution in [0.2, 0.25) is 0 Å². The summed E-state index contributed by atoms with van der Waals surface area (Å²) in [6, 6.07) is 17.6. The molecule has 0 aliphatic rings. The van der Waals surface area contributed by atoms with Gasteiger partial charge in [0.1, 0.15) is 28.9 Å². The number of hydrogen-bond acceptors (Lipinski definition) is 6. The number of methoxy groups -OCH3 is 3. The SMILES string of the molecule is COc1ccc(C(=O)C(C(=O)c2cc(OC)ccc2O)c2cccc(OC)c2)cc1. The third-order valence-corrected chi connectivity index (χ3v) is 4.80. The highest BCUT2D eigenvalue weighted by Crippen LogP contribution is 2.33. The molecule has 0 saturated carbocycles. The van der Waals surface area contributed by atoms with Crippen LogP contribution in [0.5, 0.6) is 23.0 Å². The Hall–Kier alpha value is -3.80. The minimum absolute atomic E-state index is 0.00373. The smallest absolute Gasteiger partial charge is 0.181 e. The summed E-state index contributed by atoms with van der Waals surface area (Å²) in [7, 11) is 4.50. The van der Waals surface area contributed by atoms with Gasteiger partial charge in [-0.05, 0) is 60.2 Å². The molecule has 0 aliphatic heterocycles. The molecule has 0 aliphatic carbocycles. The summed E-state index contributed by atoms with van der Waals surface area (Å²) in [4.78, 5) is 26.9. The van der Waals surface area contributed by atoms with Crippen molar-refractivity contribution < 1.29 is 28.9 Å². The van der Waals surface area contributed by atoms with Gasteiger partial charge in [-0.2, -0.15) is 0 Å². The molecule has 3 rings (SSSR count). The largest absolute Gasteiger partial charge is 0.507 e. The molecule has 1 unspecified atom stereocenters. The van der Waals surface area contributed by atoms with E-state index in [4.69, 9.17) is 14.2 Å². The van der Waals surface area contributed by atoms with Crippen molar-refractivity contribution in [2.24, 2.45) is 0 Å². The summed E-state index contributed by atoms with van der Waals surface area (Å²) in [6.07, 6.45) is 0. The average Bonchev–Trinajstić information content (AvgIpc) is 2.79.